The highest BCUT2D eigenvalue weighted by atomic mass is 127. The lowest BCUT2D eigenvalue weighted by molar-refractivity contribution is -0.153. The van der Waals surface area contributed by atoms with Gasteiger partial charge in [0.25, 0.3) is 0 Å². The first kappa shape index (κ1) is 24.9. The van der Waals surface area contributed by atoms with Crippen LogP contribution in [0, 0.1) is 0 Å². The SMILES string of the molecule is CCNC(=NCc1cccc(OCC(F)(F)F)c1)NCc1ccccc1OC.I. The molecule has 0 radical (unpaired) electrons. The molecule has 2 aromatic carbocycles. The number of halogens is 4. The summed E-state index contributed by atoms with van der Waals surface area (Å²) in [5.41, 5.74) is 1.73. The number of nitrogens with zero attached hydrogens (tertiary/aromatic N) is 1. The zero-order chi connectivity index (χ0) is 20.4. The van der Waals surface area contributed by atoms with Crippen molar-refractivity contribution in [2.24, 2.45) is 4.99 Å². The molecule has 0 aliphatic heterocycles. The molecule has 0 saturated heterocycles. The molecule has 29 heavy (non-hydrogen) atoms. The Morgan fingerprint density at radius 2 is 1.83 bits per heavy atom. The molecule has 0 aliphatic rings. The lowest BCUT2D eigenvalue weighted by Crippen LogP contribution is -2.36. The highest BCUT2D eigenvalue weighted by Crippen LogP contribution is 2.20. The van der Waals surface area contributed by atoms with Crippen LogP contribution in [0.15, 0.2) is 53.5 Å². The van der Waals surface area contributed by atoms with Crippen LogP contribution in [0.5, 0.6) is 11.5 Å². The fourth-order valence-electron chi connectivity index (χ4n) is 2.44. The van der Waals surface area contributed by atoms with Crippen LogP contribution >= 0.6 is 24.0 Å². The Hall–Kier alpha value is -2.17. The Kier molecular flexibility index (Phi) is 10.6. The number of hydrogen-bond acceptors (Lipinski definition) is 3. The monoisotopic (exact) mass is 523 g/mol. The first-order valence-electron chi connectivity index (χ1n) is 8.84. The molecular weight excluding hydrogens is 498 g/mol. The van der Waals surface area contributed by atoms with Gasteiger partial charge in [-0.15, -0.1) is 24.0 Å². The fraction of sp³-hybridized carbons (Fsp3) is 0.350. The summed E-state index contributed by atoms with van der Waals surface area (Å²) < 4.78 is 47.0. The molecular formula is C20H25F3IN3O2. The van der Waals surface area contributed by atoms with E-state index in [0.29, 0.717) is 25.6 Å². The van der Waals surface area contributed by atoms with Crippen LogP contribution in [0.2, 0.25) is 0 Å². The van der Waals surface area contributed by atoms with E-state index in [1.165, 1.54) is 6.07 Å². The van der Waals surface area contributed by atoms with E-state index in [2.05, 4.69) is 15.6 Å². The molecule has 2 N–H and O–H groups in total. The minimum absolute atomic E-state index is 0. The first-order valence-corrected chi connectivity index (χ1v) is 8.84. The van der Waals surface area contributed by atoms with Crippen LogP contribution in [0.3, 0.4) is 0 Å². The van der Waals surface area contributed by atoms with Gasteiger partial charge in [-0.3, -0.25) is 0 Å². The number of alkyl halides is 3. The Morgan fingerprint density at radius 1 is 1.07 bits per heavy atom. The van der Waals surface area contributed by atoms with E-state index >= 15 is 0 Å². The second-order valence-corrected chi connectivity index (χ2v) is 5.91. The number of methoxy groups -OCH3 is 1. The summed E-state index contributed by atoms with van der Waals surface area (Å²) in [5.74, 6) is 1.53. The van der Waals surface area contributed by atoms with Crippen molar-refractivity contribution < 1.29 is 22.6 Å². The second kappa shape index (κ2) is 12.4. The molecule has 9 heteroatoms. The summed E-state index contributed by atoms with van der Waals surface area (Å²) in [7, 11) is 1.62. The van der Waals surface area contributed by atoms with E-state index in [9.17, 15) is 13.2 Å². The fourth-order valence-corrected chi connectivity index (χ4v) is 2.44. The number of guanidine groups is 1. The van der Waals surface area contributed by atoms with Crippen LogP contribution in [0.25, 0.3) is 0 Å². The zero-order valence-electron chi connectivity index (χ0n) is 16.3. The summed E-state index contributed by atoms with van der Waals surface area (Å²) >= 11 is 0. The molecule has 0 amide bonds. The quantitative estimate of drug-likeness (QED) is 0.304. The molecule has 0 atom stereocenters. The van der Waals surface area contributed by atoms with Crippen molar-refractivity contribution in [3.63, 3.8) is 0 Å². The standard InChI is InChI=1S/C20H24F3N3O2.HI/c1-3-24-19(26-13-16-8-4-5-10-18(16)27-2)25-12-15-7-6-9-17(11-15)28-14-20(21,22)23;/h4-11H,3,12-14H2,1-2H3,(H2,24,25,26);1H. The molecule has 0 bridgehead atoms. The van der Waals surface area contributed by atoms with Crippen molar-refractivity contribution >= 4 is 29.9 Å². The number of rotatable bonds is 8. The Bertz CT molecular complexity index is 786. The number of benzene rings is 2. The molecule has 0 spiro atoms. The van der Waals surface area contributed by atoms with Gasteiger partial charge in [-0.05, 0) is 30.7 Å². The van der Waals surface area contributed by atoms with Crippen LogP contribution in [0.4, 0.5) is 13.2 Å². The smallest absolute Gasteiger partial charge is 0.422 e. The molecule has 0 aliphatic carbocycles. The van der Waals surface area contributed by atoms with E-state index in [1.807, 2.05) is 31.2 Å². The van der Waals surface area contributed by atoms with E-state index in [1.54, 1.807) is 25.3 Å². The first-order chi connectivity index (χ1) is 13.4. The predicted molar refractivity (Wildman–Crippen MR) is 118 cm³/mol. The maximum Gasteiger partial charge on any atom is 0.422 e. The van der Waals surface area contributed by atoms with Crippen molar-refractivity contribution in [3.8, 4) is 11.5 Å². The van der Waals surface area contributed by atoms with Gasteiger partial charge in [0.1, 0.15) is 11.5 Å². The van der Waals surface area contributed by atoms with Gasteiger partial charge in [-0.2, -0.15) is 13.2 Å². The largest absolute Gasteiger partial charge is 0.496 e. The average molecular weight is 523 g/mol. The van der Waals surface area contributed by atoms with Crippen molar-refractivity contribution in [1.82, 2.24) is 10.6 Å². The van der Waals surface area contributed by atoms with E-state index in [-0.39, 0.29) is 29.7 Å². The lowest BCUT2D eigenvalue weighted by atomic mass is 10.2. The number of nitrogens with one attached hydrogen (secondary N) is 2. The number of para-hydroxylation sites is 1. The van der Waals surface area contributed by atoms with E-state index < -0.39 is 12.8 Å². The minimum atomic E-state index is -4.37. The summed E-state index contributed by atoms with van der Waals surface area (Å²) in [6.45, 7) is 2.12. The number of aliphatic imine (C=N–C) groups is 1. The van der Waals surface area contributed by atoms with Gasteiger partial charge in [-0.25, -0.2) is 4.99 Å². The normalized spacial score (nSPS) is 11.4. The van der Waals surface area contributed by atoms with Crippen LogP contribution < -0.4 is 20.1 Å². The summed E-state index contributed by atoms with van der Waals surface area (Å²) in [4.78, 5) is 4.48. The molecule has 0 fully saturated rings. The van der Waals surface area contributed by atoms with Crippen LogP contribution in [-0.4, -0.2) is 32.4 Å². The predicted octanol–water partition coefficient (Wildman–Crippen LogP) is 4.51. The average Bonchev–Trinajstić information content (AvgIpc) is 2.68. The lowest BCUT2D eigenvalue weighted by Gasteiger charge is -2.13. The molecule has 0 unspecified atom stereocenters. The maximum absolute atomic E-state index is 12.3. The summed E-state index contributed by atoms with van der Waals surface area (Å²) in [5, 5.41) is 6.36. The molecule has 5 nitrogen and oxygen atoms in total. The molecule has 2 aromatic rings. The van der Waals surface area contributed by atoms with Gasteiger partial charge in [-0.1, -0.05) is 30.3 Å². The molecule has 160 valence electrons. The van der Waals surface area contributed by atoms with Crippen molar-refractivity contribution in [1.29, 1.82) is 0 Å². The van der Waals surface area contributed by atoms with Crippen LogP contribution in [-0.2, 0) is 13.1 Å². The third-order valence-corrected chi connectivity index (χ3v) is 3.70. The van der Waals surface area contributed by atoms with Gasteiger partial charge in [0.15, 0.2) is 12.6 Å². The van der Waals surface area contributed by atoms with Crippen molar-refractivity contribution in [3.05, 3.63) is 59.7 Å². The van der Waals surface area contributed by atoms with Gasteiger partial charge >= 0.3 is 6.18 Å². The van der Waals surface area contributed by atoms with Crippen molar-refractivity contribution in [2.75, 3.05) is 20.3 Å². The molecule has 2 rings (SSSR count). The van der Waals surface area contributed by atoms with Gasteiger partial charge in [0.2, 0.25) is 0 Å². The van der Waals surface area contributed by atoms with Crippen molar-refractivity contribution in [2.45, 2.75) is 26.2 Å². The second-order valence-electron chi connectivity index (χ2n) is 5.91. The minimum Gasteiger partial charge on any atom is -0.496 e. The highest BCUT2D eigenvalue weighted by Gasteiger charge is 2.28. The highest BCUT2D eigenvalue weighted by molar-refractivity contribution is 14.0. The Balaban J connectivity index is 0.00000420. The Labute approximate surface area is 185 Å². The summed E-state index contributed by atoms with van der Waals surface area (Å²) in [6, 6.07) is 14.1. The topological polar surface area (TPSA) is 54.9 Å². The number of ether oxygens (including phenoxy) is 2. The van der Waals surface area contributed by atoms with Gasteiger partial charge in [0, 0.05) is 18.7 Å². The maximum atomic E-state index is 12.3. The van der Waals surface area contributed by atoms with Gasteiger partial charge < -0.3 is 20.1 Å². The third-order valence-electron chi connectivity index (χ3n) is 3.70. The molecule has 0 heterocycles. The van der Waals surface area contributed by atoms with Gasteiger partial charge in [0.05, 0.1) is 13.7 Å². The molecule has 0 saturated carbocycles. The van der Waals surface area contributed by atoms with E-state index in [4.69, 9.17) is 9.47 Å². The number of hydrogen-bond donors (Lipinski definition) is 2. The summed E-state index contributed by atoms with van der Waals surface area (Å²) in [6.07, 6.45) is -4.37. The zero-order valence-corrected chi connectivity index (χ0v) is 18.6. The van der Waals surface area contributed by atoms with Crippen LogP contribution in [0.1, 0.15) is 18.1 Å². The third kappa shape index (κ3) is 9.25. The Morgan fingerprint density at radius 3 is 2.52 bits per heavy atom. The van der Waals surface area contributed by atoms with E-state index in [0.717, 1.165) is 16.9 Å². The molecule has 0 aromatic heterocycles.